The number of methoxy groups -OCH3 is 1. The zero-order chi connectivity index (χ0) is 39.0. The van der Waals surface area contributed by atoms with Gasteiger partial charge in [0.2, 0.25) is 17.7 Å². The average Bonchev–Trinajstić information content (AvgIpc) is 3.66. The van der Waals surface area contributed by atoms with Gasteiger partial charge in [-0.3, -0.25) is 34.5 Å². The van der Waals surface area contributed by atoms with E-state index in [2.05, 4.69) is 25.7 Å². The lowest BCUT2D eigenvalue weighted by Crippen LogP contribution is -2.49. The van der Waals surface area contributed by atoms with Crippen molar-refractivity contribution in [2.24, 2.45) is 13.0 Å². The highest BCUT2D eigenvalue weighted by molar-refractivity contribution is 6.32. The maximum absolute atomic E-state index is 14.2. The minimum atomic E-state index is -4.62. The second-order valence-corrected chi connectivity index (χ2v) is 14.8. The molecule has 55 heavy (non-hydrogen) atoms. The fraction of sp³-hybridized carbons (Fsp3) is 0.447. The second kappa shape index (κ2) is 15.6. The minimum Gasteiger partial charge on any atom is -0.496 e. The molecular formula is C38H42ClF3N8O5. The molecule has 3 amide bonds. The summed E-state index contributed by atoms with van der Waals surface area (Å²) in [4.78, 5) is 55.3. The molecule has 0 aliphatic carbocycles. The highest BCUT2D eigenvalue weighted by atomic mass is 35.5. The second-order valence-electron chi connectivity index (χ2n) is 14.4. The topological polar surface area (TPSA) is 145 Å². The van der Waals surface area contributed by atoms with Crippen molar-refractivity contribution in [1.82, 2.24) is 29.9 Å². The molecule has 2 aromatic carbocycles. The molecule has 17 heteroatoms. The molecule has 5 heterocycles. The molecule has 3 saturated heterocycles. The van der Waals surface area contributed by atoms with Crippen molar-refractivity contribution in [3.63, 3.8) is 0 Å². The van der Waals surface area contributed by atoms with E-state index in [-0.39, 0.29) is 41.6 Å². The van der Waals surface area contributed by atoms with Gasteiger partial charge in [0.15, 0.2) is 0 Å². The van der Waals surface area contributed by atoms with E-state index >= 15 is 0 Å². The number of aromatic amines is 1. The molecular weight excluding hydrogens is 741 g/mol. The molecule has 3 aliphatic heterocycles. The Bertz CT molecular complexity index is 2170. The van der Waals surface area contributed by atoms with Crippen molar-refractivity contribution in [3.05, 3.63) is 69.2 Å². The van der Waals surface area contributed by atoms with Crippen molar-refractivity contribution in [3.8, 4) is 16.9 Å². The number of anilines is 2. The maximum Gasteiger partial charge on any atom is 0.418 e. The quantitative estimate of drug-likeness (QED) is 0.205. The third-order valence-electron chi connectivity index (χ3n) is 10.9. The lowest BCUT2D eigenvalue weighted by molar-refractivity contribution is -0.137. The van der Waals surface area contributed by atoms with Crippen LogP contribution in [-0.2, 0) is 34.2 Å². The third-order valence-corrected chi connectivity index (χ3v) is 11.2. The van der Waals surface area contributed by atoms with E-state index < -0.39 is 29.6 Å². The van der Waals surface area contributed by atoms with Crippen LogP contribution in [0.15, 0.2) is 47.5 Å². The summed E-state index contributed by atoms with van der Waals surface area (Å²) < 4.78 is 50.0. The van der Waals surface area contributed by atoms with Crippen LogP contribution in [0.4, 0.5) is 24.5 Å². The fourth-order valence-electron chi connectivity index (χ4n) is 7.78. The SMILES string of the molecule is COc1cc(-c2cn(C)c(=O)c3[nH]ncc23)cc(Cl)c1CN1CCN(C(=O)CC2CCN(c3ccc(NC4CCC(=O)NC4=O)cc3C(F)(F)F)CC2)CC1. The molecule has 3 aliphatic rings. The molecule has 0 saturated carbocycles. The standard InChI is InChI=1S/C38H42ClF3N8O5/c1-47-20-26(25-19-43-46-35(25)37(47)54)23-16-29(39)27(32(17-23)55-2)21-48-11-13-50(14-12-48)34(52)15-22-7-9-49(10-8-22)31-5-3-24(18-28(31)38(40,41)42)44-30-4-6-33(51)45-36(30)53/h3,5,16-20,22,30,44H,4,6-15,21H2,1-2H3,(H,43,46)(H,45,51,53). The van der Waals surface area contributed by atoms with E-state index in [0.717, 1.165) is 22.8 Å². The van der Waals surface area contributed by atoms with Gasteiger partial charge < -0.3 is 24.4 Å². The summed E-state index contributed by atoms with van der Waals surface area (Å²) in [6, 6.07) is 6.93. The molecule has 7 rings (SSSR count). The van der Waals surface area contributed by atoms with Crippen molar-refractivity contribution in [2.75, 3.05) is 56.6 Å². The summed E-state index contributed by atoms with van der Waals surface area (Å²) in [5, 5.41) is 13.1. The predicted octanol–water partition coefficient (Wildman–Crippen LogP) is 4.78. The van der Waals surface area contributed by atoms with Crippen LogP contribution in [0.2, 0.25) is 5.02 Å². The number of rotatable bonds is 9. The summed E-state index contributed by atoms with van der Waals surface area (Å²) in [6.07, 6.45) is 0.560. The number of ether oxygens (including phenoxy) is 1. The fourth-order valence-corrected chi connectivity index (χ4v) is 8.05. The van der Waals surface area contributed by atoms with Crippen LogP contribution in [0.25, 0.3) is 22.0 Å². The molecule has 1 unspecified atom stereocenters. The Morgan fingerprint density at radius 3 is 2.47 bits per heavy atom. The summed E-state index contributed by atoms with van der Waals surface area (Å²) in [5.74, 6) is -0.249. The van der Waals surface area contributed by atoms with Gasteiger partial charge in [-0.05, 0) is 61.1 Å². The number of piperidine rings is 2. The van der Waals surface area contributed by atoms with Crippen LogP contribution in [-0.4, -0.2) is 94.7 Å². The van der Waals surface area contributed by atoms with Gasteiger partial charge in [-0.1, -0.05) is 11.6 Å². The number of aromatic nitrogens is 3. The first-order chi connectivity index (χ1) is 26.3. The van der Waals surface area contributed by atoms with Crippen LogP contribution in [0, 0.1) is 5.92 Å². The summed E-state index contributed by atoms with van der Waals surface area (Å²) in [6.45, 7) is 3.63. The molecule has 0 bridgehead atoms. The average molecular weight is 783 g/mol. The third kappa shape index (κ3) is 8.15. The van der Waals surface area contributed by atoms with Crippen molar-refractivity contribution >= 4 is 51.6 Å². The van der Waals surface area contributed by atoms with Crippen LogP contribution in [0.3, 0.4) is 0 Å². The number of H-pyrrole nitrogens is 1. The normalized spacial score (nSPS) is 18.8. The Hall–Kier alpha value is -5.09. The van der Waals surface area contributed by atoms with Crippen LogP contribution >= 0.6 is 11.6 Å². The van der Waals surface area contributed by atoms with E-state index in [1.54, 1.807) is 31.5 Å². The van der Waals surface area contributed by atoms with E-state index in [4.69, 9.17) is 16.3 Å². The molecule has 3 fully saturated rings. The number of carbonyl (C=O) groups excluding carboxylic acids is 3. The molecule has 292 valence electrons. The number of halogens is 4. The van der Waals surface area contributed by atoms with Crippen molar-refractivity contribution in [1.29, 1.82) is 0 Å². The van der Waals surface area contributed by atoms with E-state index in [1.165, 1.54) is 16.7 Å². The monoisotopic (exact) mass is 782 g/mol. The zero-order valence-electron chi connectivity index (χ0n) is 30.5. The summed E-state index contributed by atoms with van der Waals surface area (Å²) in [7, 11) is 3.27. The Morgan fingerprint density at radius 1 is 1.04 bits per heavy atom. The Balaban J connectivity index is 0.924. The number of imide groups is 1. The van der Waals surface area contributed by atoms with Gasteiger partial charge in [0.05, 0.1) is 18.9 Å². The molecule has 0 radical (unpaired) electrons. The number of carbonyl (C=O) groups is 3. The number of fused-ring (bicyclic) bond motifs is 1. The Morgan fingerprint density at radius 2 is 1.78 bits per heavy atom. The van der Waals surface area contributed by atoms with Gasteiger partial charge in [-0.15, -0.1) is 0 Å². The molecule has 0 spiro atoms. The van der Waals surface area contributed by atoms with Gasteiger partial charge in [0.25, 0.3) is 5.56 Å². The summed E-state index contributed by atoms with van der Waals surface area (Å²) in [5.41, 5.74) is 2.04. The smallest absolute Gasteiger partial charge is 0.418 e. The number of piperazine rings is 1. The summed E-state index contributed by atoms with van der Waals surface area (Å²) >= 11 is 6.85. The van der Waals surface area contributed by atoms with Gasteiger partial charge >= 0.3 is 6.18 Å². The first kappa shape index (κ1) is 38.2. The number of hydrogen-bond acceptors (Lipinski definition) is 9. The Labute approximate surface area is 319 Å². The molecule has 13 nitrogen and oxygen atoms in total. The van der Waals surface area contributed by atoms with E-state index in [0.29, 0.717) is 86.8 Å². The highest BCUT2D eigenvalue weighted by Gasteiger charge is 2.37. The first-order valence-electron chi connectivity index (χ1n) is 18.2. The lowest BCUT2D eigenvalue weighted by Gasteiger charge is -2.38. The van der Waals surface area contributed by atoms with Gasteiger partial charge in [0.1, 0.15) is 17.3 Å². The molecule has 3 N–H and O–H groups in total. The molecule has 2 aromatic heterocycles. The molecule has 1 atom stereocenters. The number of aryl methyl sites for hydroxylation is 1. The van der Waals surface area contributed by atoms with Crippen molar-refractivity contribution in [2.45, 2.75) is 50.9 Å². The lowest BCUT2D eigenvalue weighted by atomic mass is 9.92. The number of nitrogens with one attached hydrogen (secondary N) is 3. The van der Waals surface area contributed by atoms with Gasteiger partial charge in [-0.25, -0.2) is 0 Å². The maximum atomic E-state index is 14.2. The number of alkyl halides is 3. The van der Waals surface area contributed by atoms with Crippen LogP contribution < -0.4 is 25.8 Å². The number of pyridine rings is 1. The van der Waals surface area contributed by atoms with Crippen LogP contribution in [0.5, 0.6) is 5.75 Å². The van der Waals surface area contributed by atoms with Crippen LogP contribution in [0.1, 0.15) is 43.2 Å². The highest BCUT2D eigenvalue weighted by Crippen LogP contribution is 2.40. The minimum absolute atomic E-state index is 0.0424. The predicted molar refractivity (Wildman–Crippen MR) is 201 cm³/mol. The van der Waals surface area contributed by atoms with E-state index in [1.807, 2.05) is 17.0 Å². The zero-order valence-corrected chi connectivity index (χ0v) is 31.2. The number of hydrogen-bond donors (Lipinski definition) is 3. The molecule has 4 aromatic rings. The first-order valence-corrected chi connectivity index (χ1v) is 18.6. The number of amides is 3. The van der Waals surface area contributed by atoms with Gasteiger partial charge in [0, 0.05) is 105 Å². The van der Waals surface area contributed by atoms with Crippen molar-refractivity contribution < 1.29 is 32.3 Å². The largest absolute Gasteiger partial charge is 0.496 e. The van der Waals surface area contributed by atoms with E-state index in [9.17, 15) is 32.3 Å². The number of benzene rings is 2. The van der Waals surface area contributed by atoms with Gasteiger partial charge in [-0.2, -0.15) is 18.3 Å². The Kier molecular flexibility index (Phi) is 10.8. The number of nitrogens with zero attached hydrogens (tertiary/aromatic N) is 5.